The van der Waals surface area contributed by atoms with Gasteiger partial charge in [0.15, 0.2) is 11.5 Å². The molecule has 7 nitrogen and oxygen atoms in total. The molecule has 1 saturated heterocycles. The molecule has 1 aromatic carbocycles. The zero-order chi connectivity index (χ0) is 14.8. The Labute approximate surface area is 128 Å². The molecule has 4 rings (SSSR count). The number of nitrogens with zero attached hydrogens (tertiary/aromatic N) is 4. The van der Waals surface area contributed by atoms with Gasteiger partial charge in [0.25, 0.3) is 0 Å². The first-order valence-electron chi connectivity index (χ1n) is 7.59. The number of aromatic amines is 1. The lowest BCUT2D eigenvalue weighted by Gasteiger charge is -2.37. The molecule has 2 aromatic rings. The predicted octanol–water partition coefficient (Wildman–Crippen LogP) is 0.767. The van der Waals surface area contributed by atoms with Crippen molar-refractivity contribution in [2.75, 3.05) is 44.2 Å². The van der Waals surface area contributed by atoms with Gasteiger partial charge in [-0.1, -0.05) is 12.1 Å². The van der Waals surface area contributed by atoms with Crippen LogP contribution in [0.5, 0.6) is 11.5 Å². The van der Waals surface area contributed by atoms with E-state index < -0.39 is 0 Å². The minimum absolute atomic E-state index is 0.0896. The van der Waals surface area contributed by atoms with E-state index in [0.717, 1.165) is 50.2 Å². The van der Waals surface area contributed by atoms with Gasteiger partial charge >= 0.3 is 0 Å². The lowest BCUT2D eigenvalue weighted by molar-refractivity contribution is 0.0570. The molecule has 3 heterocycles. The van der Waals surface area contributed by atoms with Crippen LogP contribution in [0.3, 0.4) is 0 Å². The Morgan fingerprint density at radius 3 is 2.73 bits per heavy atom. The van der Waals surface area contributed by atoms with Crippen LogP contribution >= 0.6 is 0 Å². The van der Waals surface area contributed by atoms with E-state index in [1.807, 2.05) is 24.3 Å². The van der Waals surface area contributed by atoms with Crippen molar-refractivity contribution in [2.45, 2.75) is 6.10 Å². The highest BCUT2D eigenvalue weighted by Gasteiger charge is 2.25. The van der Waals surface area contributed by atoms with Crippen molar-refractivity contribution in [3.05, 3.63) is 30.6 Å². The fourth-order valence-corrected chi connectivity index (χ4v) is 2.93. The third kappa shape index (κ3) is 2.71. The summed E-state index contributed by atoms with van der Waals surface area (Å²) in [6, 6.07) is 7.84. The summed E-state index contributed by atoms with van der Waals surface area (Å²) in [5.74, 6) is 2.54. The van der Waals surface area contributed by atoms with E-state index in [1.165, 1.54) is 0 Å². The Balaban J connectivity index is 1.31. The maximum atomic E-state index is 6.02. The molecule has 1 fully saturated rings. The summed E-state index contributed by atoms with van der Waals surface area (Å²) in [4.78, 5) is 8.83. The van der Waals surface area contributed by atoms with Crippen molar-refractivity contribution >= 4 is 5.95 Å². The highest BCUT2D eigenvalue weighted by atomic mass is 16.6. The third-order valence-corrected chi connectivity index (χ3v) is 4.10. The van der Waals surface area contributed by atoms with Crippen molar-refractivity contribution in [1.82, 2.24) is 20.1 Å². The van der Waals surface area contributed by atoms with Gasteiger partial charge in [-0.25, -0.2) is 5.10 Å². The van der Waals surface area contributed by atoms with Crippen LogP contribution in [-0.2, 0) is 0 Å². The van der Waals surface area contributed by atoms with Crippen LogP contribution in [0.25, 0.3) is 0 Å². The van der Waals surface area contributed by atoms with Gasteiger partial charge in [-0.15, -0.1) is 0 Å². The second-order valence-corrected chi connectivity index (χ2v) is 5.59. The number of hydrogen-bond acceptors (Lipinski definition) is 6. The fourth-order valence-electron chi connectivity index (χ4n) is 2.93. The molecule has 116 valence electrons. The minimum Gasteiger partial charge on any atom is -0.486 e. The van der Waals surface area contributed by atoms with Gasteiger partial charge in [0.2, 0.25) is 5.95 Å². The summed E-state index contributed by atoms with van der Waals surface area (Å²) in [7, 11) is 0. The number of hydrogen-bond donors (Lipinski definition) is 1. The van der Waals surface area contributed by atoms with Crippen LogP contribution in [0.4, 0.5) is 5.95 Å². The van der Waals surface area contributed by atoms with E-state index in [4.69, 9.17) is 9.47 Å². The standard InChI is InChI=1S/C15H19N5O2/c1-2-4-14-13(3-1)21-10-12(22-14)9-19-5-7-20(8-6-19)15-16-11-17-18-15/h1-4,11-12H,5-10H2,(H,16,17,18)/t12-/m0/s1. The molecule has 1 N–H and O–H groups in total. The average molecular weight is 301 g/mol. The summed E-state index contributed by atoms with van der Waals surface area (Å²) in [6.45, 7) is 5.36. The molecule has 2 aliphatic rings. The molecule has 0 radical (unpaired) electrons. The van der Waals surface area contributed by atoms with Gasteiger partial charge in [-0.05, 0) is 12.1 Å². The van der Waals surface area contributed by atoms with E-state index >= 15 is 0 Å². The number of ether oxygens (including phenoxy) is 2. The molecule has 1 aromatic heterocycles. The van der Waals surface area contributed by atoms with Gasteiger partial charge in [-0.2, -0.15) is 10.1 Å². The zero-order valence-corrected chi connectivity index (χ0v) is 12.3. The lowest BCUT2D eigenvalue weighted by Crippen LogP contribution is -2.51. The number of aromatic nitrogens is 3. The first-order chi connectivity index (χ1) is 10.9. The number of benzene rings is 1. The number of piperazine rings is 1. The first kappa shape index (κ1) is 13.4. The van der Waals surface area contributed by atoms with Crippen LogP contribution in [0.2, 0.25) is 0 Å². The van der Waals surface area contributed by atoms with Crippen LogP contribution in [0, 0.1) is 0 Å². The Bertz CT molecular complexity index is 610. The van der Waals surface area contributed by atoms with E-state index in [2.05, 4.69) is 25.0 Å². The molecule has 0 unspecified atom stereocenters. The molecule has 1 atom stereocenters. The van der Waals surface area contributed by atoms with Crippen LogP contribution in [0.15, 0.2) is 30.6 Å². The predicted molar refractivity (Wildman–Crippen MR) is 81.4 cm³/mol. The molecular formula is C15H19N5O2. The monoisotopic (exact) mass is 301 g/mol. The minimum atomic E-state index is 0.0896. The topological polar surface area (TPSA) is 66.5 Å². The van der Waals surface area contributed by atoms with Crippen molar-refractivity contribution in [3.63, 3.8) is 0 Å². The van der Waals surface area contributed by atoms with Crippen LogP contribution < -0.4 is 14.4 Å². The molecule has 0 amide bonds. The smallest absolute Gasteiger partial charge is 0.221 e. The lowest BCUT2D eigenvalue weighted by atomic mass is 10.2. The quantitative estimate of drug-likeness (QED) is 0.903. The highest BCUT2D eigenvalue weighted by molar-refractivity contribution is 5.40. The van der Waals surface area contributed by atoms with Gasteiger partial charge in [0, 0.05) is 32.7 Å². The number of H-pyrrole nitrogens is 1. The number of para-hydroxylation sites is 2. The van der Waals surface area contributed by atoms with Crippen LogP contribution in [0.1, 0.15) is 0 Å². The summed E-state index contributed by atoms with van der Waals surface area (Å²) in [5.41, 5.74) is 0. The van der Waals surface area contributed by atoms with E-state index in [-0.39, 0.29) is 6.10 Å². The Morgan fingerprint density at radius 2 is 1.95 bits per heavy atom. The van der Waals surface area contributed by atoms with Crippen LogP contribution in [-0.4, -0.2) is 65.5 Å². The summed E-state index contributed by atoms with van der Waals surface area (Å²) in [5, 5.41) is 6.82. The SMILES string of the molecule is c1ccc2c(c1)OC[C@H](CN1CCN(c3ncn[nH]3)CC1)O2. The fraction of sp³-hybridized carbons (Fsp3) is 0.467. The molecule has 2 aliphatic heterocycles. The van der Waals surface area contributed by atoms with E-state index in [9.17, 15) is 0 Å². The normalized spacial score (nSPS) is 21.8. The number of rotatable bonds is 3. The molecule has 0 bridgehead atoms. The molecule has 7 heteroatoms. The molecule has 0 aliphatic carbocycles. The molecule has 22 heavy (non-hydrogen) atoms. The summed E-state index contributed by atoms with van der Waals surface area (Å²) >= 11 is 0. The van der Waals surface area contributed by atoms with E-state index in [1.54, 1.807) is 6.33 Å². The number of nitrogens with one attached hydrogen (secondary N) is 1. The molecule has 0 saturated carbocycles. The second kappa shape index (κ2) is 5.84. The van der Waals surface area contributed by atoms with Crippen molar-refractivity contribution in [2.24, 2.45) is 0 Å². The van der Waals surface area contributed by atoms with Gasteiger partial charge in [0.1, 0.15) is 19.0 Å². The van der Waals surface area contributed by atoms with Gasteiger partial charge < -0.3 is 14.4 Å². The summed E-state index contributed by atoms with van der Waals surface area (Å²) in [6.07, 6.45) is 1.64. The maximum absolute atomic E-state index is 6.02. The van der Waals surface area contributed by atoms with Gasteiger partial charge in [-0.3, -0.25) is 4.90 Å². The van der Waals surface area contributed by atoms with Crippen molar-refractivity contribution in [3.8, 4) is 11.5 Å². The zero-order valence-electron chi connectivity index (χ0n) is 12.3. The second-order valence-electron chi connectivity index (χ2n) is 5.59. The largest absolute Gasteiger partial charge is 0.486 e. The first-order valence-corrected chi connectivity index (χ1v) is 7.59. The Morgan fingerprint density at radius 1 is 1.14 bits per heavy atom. The van der Waals surface area contributed by atoms with Crippen molar-refractivity contribution < 1.29 is 9.47 Å². The average Bonchev–Trinajstić information content (AvgIpc) is 3.10. The van der Waals surface area contributed by atoms with Crippen molar-refractivity contribution in [1.29, 1.82) is 0 Å². The maximum Gasteiger partial charge on any atom is 0.221 e. The third-order valence-electron chi connectivity index (χ3n) is 4.10. The number of anilines is 1. The molecule has 0 spiro atoms. The number of fused-ring (bicyclic) bond motifs is 1. The Hall–Kier alpha value is -2.28. The Kier molecular flexibility index (Phi) is 3.56. The highest BCUT2D eigenvalue weighted by Crippen LogP contribution is 2.31. The summed E-state index contributed by atoms with van der Waals surface area (Å²) < 4.78 is 11.8. The van der Waals surface area contributed by atoms with E-state index in [0.29, 0.717) is 6.61 Å². The molecular weight excluding hydrogens is 282 g/mol. The van der Waals surface area contributed by atoms with Gasteiger partial charge in [0.05, 0.1) is 0 Å².